The lowest BCUT2D eigenvalue weighted by Gasteiger charge is -2.17. The van der Waals surface area contributed by atoms with Crippen LogP contribution >= 0.6 is 0 Å². The van der Waals surface area contributed by atoms with Crippen molar-refractivity contribution in [2.24, 2.45) is 5.73 Å². The van der Waals surface area contributed by atoms with Crippen molar-refractivity contribution in [3.63, 3.8) is 0 Å². The second-order valence-corrected chi connectivity index (χ2v) is 7.70. The molecular weight excluding hydrogens is 457 g/mol. The van der Waals surface area contributed by atoms with Crippen molar-refractivity contribution in [3.05, 3.63) is 61.9 Å². The average molecular weight is 484 g/mol. The first-order valence-corrected chi connectivity index (χ1v) is 10.9. The molecule has 184 valence electrons. The number of hydrogen-bond acceptors (Lipinski definition) is 8. The first-order chi connectivity index (χ1) is 16.8. The van der Waals surface area contributed by atoms with E-state index in [0.717, 1.165) is 28.6 Å². The van der Waals surface area contributed by atoms with Gasteiger partial charge in [-0.15, -0.1) is 0 Å². The number of carbonyl (C=O) groups excluding carboxylic acids is 1. The van der Waals surface area contributed by atoms with E-state index in [1.54, 1.807) is 24.2 Å². The Bertz CT molecular complexity index is 1450. The van der Waals surface area contributed by atoms with Gasteiger partial charge >= 0.3 is 5.97 Å². The van der Waals surface area contributed by atoms with Crippen molar-refractivity contribution in [2.45, 2.75) is 26.4 Å². The van der Waals surface area contributed by atoms with E-state index in [-0.39, 0.29) is 23.1 Å². The minimum Gasteiger partial charge on any atom is -0.468 e. The van der Waals surface area contributed by atoms with E-state index in [2.05, 4.69) is 4.98 Å². The maximum absolute atomic E-state index is 13.8. The topological polar surface area (TPSA) is 141 Å². The zero-order valence-electron chi connectivity index (χ0n) is 19.7. The number of methoxy groups -OCH3 is 1. The molecule has 0 fully saturated rings. The van der Waals surface area contributed by atoms with E-state index in [1.807, 2.05) is 13.0 Å². The number of fused-ring (bicyclic) bond motifs is 1. The Labute approximate surface area is 200 Å². The molecule has 0 aliphatic heterocycles. The molecule has 0 saturated heterocycles. The number of allylic oxidation sites excluding steroid dienone is 1. The van der Waals surface area contributed by atoms with Crippen molar-refractivity contribution in [1.82, 2.24) is 18.9 Å². The number of hydrogen-bond donors (Lipinski definition) is 1. The number of carbonyl (C=O) groups is 1. The fourth-order valence-electron chi connectivity index (χ4n) is 3.61. The van der Waals surface area contributed by atoms with Gasteiger partial charge in [-0.1, -0.05) is 19.1 Å². The standard InChI is InChI=1S/C23H26FN7O4/c1-4-5-9-29-20-19(27-23(29)28(2)10-8-25)21(33)31(14-18(32)35-3)30(22(20)34)13-15-6-7-17(24)11-16(15)12-26/h5-7,9,11H,4,8,10,13-14,25H2,1-3H3/b9-5+. The lowest BCUT2D eigenvalue weighted by Crippen LogP contribution is -2.41. The molecule has 0 bridgehead atoms. The van der Waals surface area contributed by atoms with Crippen LogP contribution in [0.4, 0.5) is 10.3 Å². The highest BCUT2D eigenvalue weighted by Crippen LogP contribution is 2.19. The van der Waals surface area contributed by atoms with Crippen LogP contribution in [-0.2, 0) is 22.6 Å². The summed E-state index contributed by atoms with van der Waals surface area (Å²) in [6.45, 7) is 1.82. The summed E-state index contributed by atoms with van der Waals surface area (Å²) >= 11 is 0. The number of rotatable bonds is 9. The van der Waals surface area contributed by atoms with Crippen molar-refractivity contribution in [2.75, 3.05) is 32.1 Å². The second-order valence-electron chi connectivity index (χ2n) is 7.70. The summed E-state index contributed by atoms with van der Waals surface area (Å²) in [6.07, 6.45) is 4.11. The van der Waals surface area contributed by atoms with E-state index >= 15 is 0 Å². The van der Waals surface area contributed by atoms with Crippen molar-refractivity contribution >= 4 is 29.2 Å². The minimum absolute atomic E-state index is 0.000284. The van der Waals surface area contributed by atoms with Crippen molar-refractivity contribution in [1.29, 1.82) is 5.26 Å². The molecule has 0 aliphatic rings. The molecule has 3 rings (SSSR count). The SMILES string of the molecule is CC/C=C/n1c(N(C)CCN)nc2c(=O)n(CC(=O)OC)n(Cc3ccc(F)cc3C#N)c(=O)c21. The summed E-state index contributed by atoms with van der Waals surface area (Å²) in [7, 11) is 2.89. The fourth-order valence-corrected chi connectivity index (χ4v) is 3.61. The molecule has 2 heterocycles. The molecular formula is C23H26FN7O4. The molecule has 11 nitrogen and oxygen atoms in total. The van der Waals surface area contributed by atoms with E-state index in [1.165, 1.54) is 10.6 Å². The molecule has 0 saturated carbocycles. The van der Waals surface area contributed by atoms with Crippen LogP contribution in [0.25, 0.3) is 17.2 Å². The number of benzene rings is 1. The summed E-state index contributed by atoms with van der Waals surface area (Å²) < 4.78 is 21.8. The number of ether oxygens (including phenoxy) is 1. The Balaban J connectivity index is 2.39. The van der Waals surface area contributed by atoms with E-state index in [0.29, 0.717) is 31.0 Å². The van der Waals surface area contributed by atoms with Crippen LogP contribution in [0.5, 0.6) is 0 Å². The first kappa shape index (κ1) is 25.4. The Morgan fingerprint density at radius 2 is 2.06 bits per heavy atom. The second kappa shape index (κ2) is 10.8. The lowest BCUT2D eigenvalue weighted by atomic mass is 10.1. The largest absolute Gasteiger partial charge is 0.468 e. The smallest absolute Gasteiger partial charge is 0.327 e. The van der Waals surface area contributed by atoms with E-state index in [4.69, 9.17) is 10.5 Å². The number of nitrogens with two attached hydrogens (primary N) is 1. The molecule has 0 spiro atoms. The van der Waals surface area contributed by atoms with Crippen LogP contribution in [0, 0.1) is 17.1 Å². The number of aromatic nitrogens is 4. The number of anilines is 1. The number of nitriles is 1. The summed E-state index contributed by atoms with van der Waals surface area (Å²) in [5.74, 6) is -1.05. The van der Waals surface area contributed by atoms with Gasteiger partial charge in [0.1, 0.15) is 17.9 Å². The van der Waals surface area contributed by atoms with Crippen molar-refractivity contribution in [3.8, 4) is 6.07 Å². The predicted octanol–water partition coefficient (Wildman–Crippen LogP) is 0.867. The van der Waals surface area contributed by atoms with Crippen LogP contribution in [0.2, 0.25) is 0 Å². The van der Waals surface area contributed by atoms with Crippen LogP contribution in [0.3, 0.4) is 0 Å². The average Bonchev–Trinajstić information content (AvgIpc) is 3.23. The van der Waals surface area contributed by atoms with Crippen molar-refractivity contribution < 1.29 is 13.9 Å². The van der Waals surface area contributed by atoms with Gasteiger partial charge in [0.25, 0.3) is 11.1 Å². The summed E-state index contributed by atoms with van der Waals surface area (Å²) in [5, 5.41) is 9.44. The monoisotopic (exact) mass is 483 g/mol. The lowest BCUT2D eigenvalue weighted by molar-refractivity contribution is -0.141. The summed E-state index contributed by atoms with van der Waals surface area (Å²) in [6, 6.07) is 5.43. The maximum Gasteiger partial charge on any atom is 0.327 e. The Morgan fingerprint density at radius 1 is 1.31 bits per heavy atom. The summed E-state index contributed by atoms with van der Waals surface area (Å²) in [4.78, 5) is 45.5. The quantitative estimate of drug-likeness (QED) is 0.442. The number of likely N-dealkylation sites (N-methyl/N-ethyl adjacent to an activating group) is 1. The fraction of sp³-hybridized carbons (Fsp3) is 0.348. The molecule has 0 radical (unpaired) electrons. The summed E-state index contributed by atoms with van der Waals surface area (Å²) in [5.41, 5.74) is 4.52. The number of imidazole rings is 1. The molecule has 0 atom stereocenters. The molecule has 2 N–H and O–H groups in total. The van der Waals surface area contributed by atoms with Gasteiger partial charge in [0.05, 0.1) is 25.3 Å². The van der Waals surface area contributed by atoms with E-state index < -0.39 is 29.4 Å². The highest BCUT2D eigenvalue weighted by molar-refractivity contribution is 5.80. The van der Waals surface area contributed by atoms with Gasteiger partial charge in [-0.2, -0.15) is 5.26 Å². The third-order valence-corrected chi connectivity index (χ3v) is 5.37. The van der Waals surface area contributed by atoms with E-state index in [9.17, 15) is 24.0 Å². The molecule has 2 aromatic heterocycles. The van der Waals surface area contributed by atoms with Crippen LogP contribution in [0.1, 0.15) is 24.5 Å². The third-order valence-electron chi connectivity index (χ3n) is 5.37. The molecule has 3 aromatic rings. The van der Waals surface area contributed by atoms with Gasteiger partial charge in [-0.3, -0.25) is 19.0 Å². The van der Waals surface area contributed by atoms with Crippen LogP contribution in [0.15, 0.2) is 33.9 Å². The van der Waals surface area contributed by atoms with Gasteiger partial charge in [-0.05, 0) is 24.1 Å². The predicted molar refractivity (Wildman–Crippen MR) is 128 cm³/mol. The minimum atomic E-state index is -0.759. The van der Waals surface area contributed by atoms with Gasteiger partial charge in [0.15, 0.2) is 5.52 Å². The maximum atomic E-state index is 13.8. The Hall–Kier alpha value is -4.24. The molecule has 0 aliphatic carbocycles. The highest BCUT2D eigenvalue weighted by atomic mass is 19.1. The molecule has 1 aromatic carbocycles. The highest BCUT2D eigenvalue weighted by Gasteiger charge is 2.24. The molecule has 35 heavy (non-hydrogen) atoms. The van der Waals surface area contributed by atoms with Gasteiger partial charge < -0.3 is 15.4 Å². The van der Waals surface area contributed by atoms with Gasteiger partial charge in [0.2, 0.25) is 5.95 Å². The number of esters is 1. The van der Waals surface area contributed by atoms with Gasteiger partial charge in [-0.25, -0.2) is 18.7 Å². The van der Waals surface area contributed by atoms with Crippen LogP contribution in [-0.4, -0.2) is 52.1 Å². The number of halogens is 1. The first-order valence-electron chi connectivity index (χ1n) is 10.9. The third kappa shape index (κ3) is 4.99. The molecule has 12 heteroatoms. The normalized spacial score (nSPS) is 11.2. The van der Waals surface area contributed by atoms with Crippen LogP contribution < -0.4 is 21.8 Å². The molecule has 0 unspecified atom stereocenters. The van der Waals surface area contributed by atoms with Gasteiger partial charge in [0, 0.05) is 26.3 Å². The zero-order chi connectivity index (χ0) is 25.7. The number of nitrogens with zero attached hydrogens (tertiary/aromatic N) is 6. The Morgan fingerprint density at radius 3 is 2.69 bits per heavy atom. The molecule has 0 amide bonds. The Kier molecular flexibility index (Phi) is 7.83. The zero-order valence-corrected chi connectivity index (χ0v) is 19.7.